The van der Waals surface area contributed by atoms with Gasteiger partial charge in [-0.15, -0.1) is 0 Å². The quantitative estimate of drug-likeness (QED) is 0.770. The first kappa shape index (κ1) is 10.4. The lowest BCUT2D eigenvalue weighted by molar-refractivity contribution is -0.103. The molecule has 0 aromatic heterocycles. The van der Waals surface area contributed by atoms with Crippen LogP contribution in [0, 0.1) is 0 Å². The summed E-state index contributed by atoms with van der Waals surface area (Å²) in [6.07, 6.45) is 2.74. The third-order valence-corrected chi connectivity index (χ3v) is 3.45. The van der Waals surface area contributed by atoms with Crippen LogP contribution in [0.4, 0.5) is 0 Å². The number of fused-ring (bicyclic) bond motifs is 1. The molecule has 0 saturated carbocycles. The number of allylic oxidation sites excluding steroid dienone is 2. The van der Waals surface area contributed by atoms with Gasteiger partial charge in [0.25, 0.3) is 0 Å². The molecule has 0 radical (unpaired) electrons. The highest BCUT2D eigenvalue weighted by Gasteiger charge is 2.17. The second-order valence-corrected chi connectivity index (χ2v) is 4.42. The molecule has 1 aliphatic carbocycles. The predicted molar refractivity (Wildman–Crippen MR) is 63.2 cm³/mol. The molecule has 1 aliphatic rings. The molecular formula is C12H11BrO2. The number of aldehydes is 1. The number of ether oxygens (including phenoxy) is 1. The van der Waals surface area contributed by atoms with Crippen molar-refractivity contribution in [1.82, 2.24) is 0 Å². The molecule has 0 unspecified atom stereocenters. The summed E-state index contributed by atoms with van der Waals surface area (Å²) in [5.41, 5.74) is 2.96. The van der Waals surface area contributed by atoms with Crippen molar-refractivity contribution in [2.75, 3.05) is 7.11 Å². The van der Waals surface area contributed by atoms with Gasteiger partial charge in [0.2, 0.25) is 0 Å². The highest BCUT2D eigenvalue weighted by Crippen LogP contribution is 2.34. The van der Waals surface area contributed by atoms with E-state index in [9.17, 15) is 4.79 Å². The van der Waals surface area contributed by atoms with Crippen LogP contribution in [-0.2, 0) is 11.2 Å². The largest absolute Gasteiger partial charge is 0.497 e. The summed E-state index contributed by atoms with van der Waals surface area (Å²) in [4.78, 5) is 11.0. The zero-order valence-electron chi connectivity index (χ0n) is 8.42. The van der Waals surface area contributed by atoms with E-state index in [1.807, 2.05) is 18.2 Å². The van der Waals surface area contributed by atoms with Gasteiger partial charge in [0, 0.05) is 10.1 Å². The van der Waals surface area contributed by atoms with Gasteiger partial charge in [0.1, 0.15) is 5.75 Å². The van der Waals surface area contributed by atoms with Crippen molar-refractivity contribution in [3.63, 3.8) is 0 Å². The predicted octanol–water partition coefficient (Wildman–Crippen LogP) is 2.95. The molecule has 1 aromatic carbocycles. The van der Waals surface area contributed by atoms with Gasteiger partial charge in [-0.25, -0.2) is 0 Å². The first-order chi connectivity index (χ1) is 7.26. The molecule has 0 spiro atoms. The summed E-state index contributed by atoms with van der Waals surface area (Å²) in [6.45, 7) is 0. The van der Waals surface area contributed by atoms with Gasteiger partial charge in [-0.05, 0) is 36.1 Å². The van der Waals surface area contributed by atoms with E-state index in [1.54, 1.807) is 7.11 Å². The lowest BCUT2D eigenvalue weighted by Gasteiger charge is -2.17. The minimum atomic E-state index is 0.763. The number of methoxy groups -OCH3 is 1. The van der Waals surface area contributed by atoms with Crippen LogP contribution >= 0.6 is 15.9 Å². The van der Waals surface area contributed by atoms with Gasteiger partial charge in [0.05, 0.1) is 7.11 Å². The Morgan fingerprint density at radius 1 is 1.40 bits per heavy atom. The first-order valence-electron chi connectivity index (χ1n) is 4.77. The molecular weight excluding hydrogens is 256 g/mol. The Bertz CT molecular complexity index is 435. The number of carbonyl (C=O) groups is 1. The smallest absolute Gasteiger partial charge is 0.151 e. The van der Waals surface area contributed by atoms with E-state index in [1.165, 1.54) is 5.56 Å². The average Bonchev–Trinajstić information content (AvgIpc) is 2.28. The van der Waals surface area contributed by atoms with E-state index in [0.29, 0.717) is 0 Å². The van der Waals surface area contributed by atoms with Crippen molar-refractivity contribution >= 4 is 27.8 Å². The lowest BCUT2D eigenvalue weighted by atomic mass is 9.91. The van der Waals surface area contributed by atoms with E-state index in [2.05, 4.69) is 15.9 Å². The summed E-state index contributed by atoms with van der Waals surface area (Å²) in [5.74, 6) is 0.844. The first-order valence-corrected chi connectivity index (χ1v) is 5.56. The fourth-order valence-electron chi connectivity index (χ4n) is 1.82. The molecule has 0 aliphatic heterocycles. The molecule has 0 saturated heterocycles. The Labute approximate surface area is 97.1 Å². The molecule has 3 heteroatoms. The Kier molecular flexibility index (Phi) is 2.91. The maximum Gasteiger partial charge on any atom is 0.151 e. The van der Waals surface area contributed by atoms with Crippen LogP contribution in [0.15, 0.2) is 22.7 Å². The number of halogens is 1. The van der Waals surface area contributed by atoms with Crippen LogP contribution in [-0.4, -0.2) is 13.4 Å². The Hall–Kier alpha value is -1.09. The van der Waals surface area contributed by atoms with E-state index >= 15 is 0 Å². The van der Waals surface area contributed by atoms with Crippen LogP contribution in [0.5, 0.6) is 5.75 Å². The highest BCUT2D eigenvalue weighted by atomic mass is 79.9. The fraction of sp³-hybridized carbons (Fsp3) is 0.250. The number of rotatable bonds is 2. The highest BCUT2D eigenvalue weighted by molar-refractivity contribution is 9.11. The molecule has 78 valence electrons. The zero-order chi connectivity index (χ0) is 10.8. The number of benzene rings is 1. The van der Waals surface area contributed by atoms with Crippen LogP contribution in [0.2, 0.25) is 0 Å². The maximum absolute atomic E-state index is 11.0. The van der Waals surface area contributed by atoms with Crippen molar-refractivity contribution in [2.24, 2.45) is 0 Å². The molecule has 1 aromatic rings. The summed E-state index contributed by atoms with van der Waals surface area (Å²) >= 11 is 3.44. The molecule has 0 heterocycles. The van der Waals surface area contributed by atoms with Crippen molar-refractivity contribution in [3.8, 4) is 5.75 Å². The van der Waals surface area contributed by atoms with Crippen molar-refractivity contribution in [3.05, 3.63) is 33.8 Å². The van der Waals surface area contributed by atoms with Gasteiger partial charge in [0.15, 0.2) is 6.29 Å². The number of carbonyl (C=O) groups excluding carboxylic acids is 1. The standard InChI is InChI=1S/C12H11BrO2/c1-15-9-3-4-10-8(6-9)2-5-12(13)11(10)7-14/h3-4,6-7H,2,5H2,1H3. The topological polar surface area (TPSA) is 26.3 Å². The Morgan fingerprint density at radius 3 is 2.87 bits per heavy atom. The third-order valence-electron chi connectivity index (χ3n) is 2.63. The molecule has 0 N–H and O–H groups in total. The normalized spacial score (nSPS) is 14.8. The molecule has 0 amide bonds. The van der Waals surface area contributed by atoms with Gasteiger partial charge in [-0.1, -0.05) is 22.0 Å². The minimum absolute atomic E-state index is 0.763. The summed E-state index contributed by atoms with van der Waals surface area (Å²) in [6, 6.07) is 5.82. The van der Waals surface area contributed by atoms with Crippen LogP contribution in [0.1, 0.15) is 17.5 Å². The lowest BCUT2D eigenvalue weighted by Crippen LogP contribution is -2.03. The zero-order valence-corrected chi connectivity index (χ0v) is 10.0. The second kappa shape index (κ2) is 4.19. The van der Waals surface area contributed by atoms with Crippen LogP contribution in [0.3, 0.4) is 0 Å². The molecule has 0 fully saturated rings. The Morgan fingerprint density at radius 2 is 2.20 bits per heavy atom. The molecule has 2 rings (SSSR count). The van der Waals surface area contributed by atoms with Crippen LogP contribution < -0.4 is 4.74 Å². The summed E-state index contributed by atoms with van der Waals surface area (Å²) in [7, 11) is 1.65. The SMILES string of the molecule is COc1ccc2c(c1)CCC(Br)=C2C=O. The van der Waals surface area contributed by atoms with Gasteiger partial charge >= 0.3 is 0 Å². The summed E-state index contributed by atoms with van der Waals surface area (Å²) in [5, 5.41) is 0. The third kappa shape index (κ3) is 1.84. The van der Waals surface area contributed by atoms with Crippen molar-refractivity contribution < 1.29 is 9.53 Å². The average molecular weight is 267 g/mol. The van der Waals surface area contributed by atoms with Crippen molar-refractivity contribution in [1.29, 1.82) is 0 Å². The van der Waals surface area contributed by atoms with Gasteiger partial charge < -0.3 is 4.74 Å². The number of hydrogen-bond donors (Lipinski definition) is 0. The summed E-state index contributed by atoms with van der Waals surface area (Å²) < 4.78 is 6.16. The van der Waals surface area contributed by atoms with Gasteiger partial charge in [-0.2, -0.15) is 0 Å². The monoisotopic (exact) mass is 266 g/mol. The molecule has 0 atom stereocenters. The second-order valence-electron chi connectivity index (χ2n) is 3.46. The maximum atomic E-state index is 11.0. The Balaban J connectivity index is 2.54. The van der Waals surface area contributed by atoms with E-state index in [0.717, 1.165) is 40.5 Å². The van der Waals surface area contributed by atoms with E-state index in [4.69, 9.17) is 4.74 Å². The van der Waals surface area contributed by atoms with Crippen LogP contribution in [0.25, 0.3) is 5.57 Å². The molecule has 15 heavy (non-hydrogen) atoms. The number of hydrogen-bond acceptors (Lipinski definition) is 2. The fourth-order valence-corrected chi connectivity index (χ4v) is 2.32. The number of aryl methyl sites for hydroxylation is 1. The minimum Gasteiger partial charge on any atom is -0.497 e. The van der Waals surface area contributed by atoms with Crippen molar-refractivity contribution in [2.45, 2.75) is 12.8 Å². The van der Waals surface area contributed by atoms with E-state index < -0.39 is 0 Å². The molecule has 0 bridgehead atoms. The van der Waals surface area contributed by atoms with Gasteiger partial charge in [-0.3, -0.25) is 4.79 Å². The molecule has 2 nitrogen and oxygen atoms in total. The van der Waals surface area contributed by atoms with E-state index in [-0.39, 0.29) is 0 Å².